The SMILES string of the molecule is CCN1CCN(c2ccccc2NC(=O)C2CCN(C(=O)C(C)C)CC2)CC1. The molecule has 0 saturated carbocycles. The largest absolute Gasteiger partial charge is 0.367 e. The van der Waals surface area contributed by atoms with Crippen molar-refractivity contribution in [2.45, 2.75) is 33.6 Å². The van der Waals surface area contributed by atoms with Gasteiger partial charge in [-0.05, 0) is 31.5 Å². The summed E-state index contributed by atoms with van der Waals surface area (Å²) in [6.07, 6.45) is 1.48. The quantitative estimate of drug-likeness (QED) is 0.845. The van der Waals surface area contributed by atoms with Crippen LogP contribution in [0.25, 0.3) is 0 Å². The van der Waals surface area contributed by atoms with Crippen molar-refractivity contribution < 1.29 is 9.59 Å². The Morgan fingerprint density at radius 1 is 1.04 bits per heavy atom. The van der Waals surface area contributed by atoms with Crippen LogP contribution in [0.3, 0.4) is 0 Å². The Morgan fingerprint density at radius 3 is 2.29 bits per heavy atom. The number of anilines is 2. The van der Waals surface area contributed by atoms with Crippen LogP contribution < -0.4 is 10.2 Å². The van der Waals surface area contributed by atoms with Crippen molar-refractivity contribution in [1.82, 2.24) is 9.80 Å². The Hall–Kier alpha value is -2.08. The first kappa shape index (κ1) is 20.6. The highest BCUT2D eigenvalue weighted by Gasteiger charge is 2.29. The predicted octanol–water partition coefficient (Wildman–Crippen LogP) is 2.66. The van der Waals surface area contributed by atoms with E-state index in [2.05, 4.69) is 28.1 Å². The van der Waals surface area contributed by atoms with Crippen LogP contribution in [0, 0.1) is 11.8 Å². The van der Waals surface area contributed by atoms with Gasteiger partial charge in [-0.1, -0.05) is 32.9 Å². The van der Waals surface area contributed by atoms with Gasteiger partial charge in [0.15, 0.2) is 0 Å². The van der Waals surface area contributed by atoms with Gasteiger partial charge in [0.2, 0.25) is 11.8 Å². The number of nitrogens with one attached hydrogen (secondary N) is 1. The lowest BCUT2D eigenvalue weighted by atomic mass is 9.95. The molecule has 154 valence electrons. The molecule has 0 bridgehead atoms. The first-order valence-corrected chi connectivity index (χ1v) is 10.7. The molecule has 1 N–H and O–H groups in total. The van der Waals surface area contributed by atoms with Gasteiger partial charge < -0.3 is 20.0 Å². The maximum Gasteiger partial charge on any atom is 0.227 e. The second kappa shape index (κ2) is 9.41. The minimum atomic E-state index is -0.0267. The molecule has 6 heteroatoms. The number of hydrogen-bond acceptors (Lipinski definition) is 4. The highest BCUT2D eigenvalue weighted by molar-refractivity contribution is 5.96. The first-order valence-electron chi connectivity index (χ1n) is 10.7. The van der Waals surface area contributed by atoms with Crippen molar-refractivity contribution in [1.29, 1.82) is 0 Å². The summed E-state index contributed by atoms with van der Waals surface area (Å²) in [5.74, 6) is 0.262. The van der Waals surface area contributed by atoms with Gasteiger partial charge in [-0.15, -0.1) is 0 Å². The molecule has 1 aromatic rings. The molecule has 28 heavy (non-hydrogen) atoms. The minimum Gasteiger partial charge on any atom is -0.367 e. The van der Waals surface area contributed by atoms with Crippen LogP contribution in [0.4, 0.5) is 11.4 Å². The predicted molar refractivity (Wildman–Crippen MR) is 114 cm³/mol. The van der Waals surface area contributed by atoms with Crippen molar-refractivity contribution in [2.75, 3.05) is 56.0 Å². The summed E-state index contributed by atoms with van der Waals surface area (Å²) in [6, 6.07) is 8.11. The number of amides is 2. The number of rotatable bonds is 5. The average Bonchev–Trinajstić information content (AvgIpc) is 2.73. The van der Waals surface area contributed by atoms with Gasteiger partial charge in [0.25, 0.3) is 0 Å². The molecule has 3 rings (SSSR count). The number of piperidine rings is 1. The molecule has 2 aliphatic heterocycles. The number of likely N-dealkylation sites (tertiary alicyclic amines) is 1. The summed E-state index contributed by atoms with van der Waals surface area (Å²) in [5, 5.41) is 3.17. The van der Waals surface area contributed by atoms with Crippen molar-refractivity contribution >= 4 is 23.2 Å². The lowest BCUT2D eigenvalue weighted by molar-refractivity contribution is -0.137. The van der Waals surface area contributed by atoms with E-state index in [-0.39, 0.29) is 23.7 Å². The Balaban J connectivity index is 1.59. The van der Waals surface area contributed by atoms with E-state index < -0.39 is 0 Å². The zero-order valence-electron chi connectivity index (χ0n) is 17.5. The molecule has 2 heterocycles. The van der Waals surface area contributed by atoms with E-state index in [0.717, 1.165) is 56.9 Å². The van der Waals surface area contributed by atoms with E-state index in [4.69, 9.17) is 0 Å². The van der Waals surface area contributed by atoms with Gasteiger partial charge in [0, 0.05) is 51.1 Å². The second-order valence-corrected chi connectivity index (χ2v) is 8.18. The van der Waals surface area contributed by atoms with Crippen LogP contribution in [-0.2, 0) is 9.59 Å². The number of carbonyl (C=O) groups excluding carboxylic acids is 2. The molecule has 2 aliphatic rings. The highest BCUT2D eigenvalue weighted by atomic mass is 16.2. The second-order valence-electron chi connectivity index (χ2n) is 8.18. The van der Waals surface area contributed by atoms with E-state index in [0.29, 0.717) is 13.1 Å². The molecule has 2 amide bonds. The topological polar surface area (TPSA) is 55.9 Å². The normalized spacial score (nSPS) is 19.1. The van der Waals surface area contributed by atoms with Crippen molar-refractivity contribution in [3.63, 3.8) is 0 Å². The van der Waals surface area contributed by atoms with Gasteiger partial charge >= 0.3 is 0 Å². The van der Waals surface area contributed by atoms with Crippen LogP contribution >= 0.6 is 0 Å². The molecular formula is C22H34N4O2. The lowest BCUT2D eigenvalue weighted by Crippen LogP contribution is -2.46. The summed E-state index contributed by atoms with van der Waals surface area (Å²) in [6.45, 7) is 12.6. The smallest absolute Gasteiger partial charge is 0.227 e. The van der Waals surface area contributed by atoms with Gasteiger partial charge in [0.05, 0.1) is 11.4 Å². The third kappa shape index (κ3) is 4.85. The van der Waals surface area contributed by atoms with E-state index in [1.54, 1.807) is 0 Å². The summed E-state index contributed by atoms with van der Waals surface area (Å²) >= 11 is 0. The van der Waals surface area contributed by atoms with Crippen LogP contribution in [0.2, 0.25) is 0 Å². The van der Waals surface area contributed by atoms with E-state index in [1.165, 1.54) is 0 Å². The Bertz CT molecular complexity index is 675. The standard InChI is InChI=1S/C22H34N4O2/c1-4-24-13-15-25(16-14-24)20-8-6-5-7-19(20)23-21(27)18-9-11-26(12-10-18)22(28)17(2)3/h5-8,17-18H,4,9-16H2,1-3H3,(H,23,27). The molecule has 0 unspecified atom stereocenters. The number of likely N-dealkylation sites (N-methyl/N-ethyl adjacent to an activating group) is 1. The molecule has 2 fully saturated rings. The summed E-state index contributed by atoms with van der Waals surface area (Å²) < 4.78 is 0. The maximum absolute atomic E-state index is 12.9. The van der Waals surface area contributed by atoms with Gasteiger partial charge in [-0.3, -0.25) is 9.59 Å². The molecule has 0 radical (unpaired) electrons. The monoisotopic (exact) mass is 386 g/mol. The van der Waals surface area contributed by atoms with Crippen molar-refractivity contribution in [3.8, 4) is 0 Å². The Morgan fingerprint density at radius 2 is 1.68 bits per heavy atom. The summed E-state index contributed by atoms with van der Waals surface area (Å²) in [4.78, 5) is 31.7. The number of hydrogen-bond donors (Lipinski definition) is 1. The Kier molecular flexibility index (Phi) is 6.94. The molecule has 0 atom stereocenters. The molecule has 6 nitrogen and oxygen atoms in total. The van der Waals surface area contributed by atoms with E-state index >= 15 is 0 Å². The fourth-order valence-electron chi connectivity index (χ4n) is 4.12. The third-order valence-electron chi connectivity index (χ3n) is 5.99. The molecule has 0 aliphatic carbocycles. The molecule has 2 saturated heterocycles. The van der Waals surface area contributed by atoms with Gasteiger partial charge in [0.1, 0.15) is 0 Å². The third-order valence-corrected chi connectivity index (χ3v) is 5.99. The fourth-order valence-corrected chi connectivity index (χ4v) is 4.12. The highest BCUT2D eigenvalue weighted by Crippen LogP contribution is 2.28. The number of carbonyl (C=O) groups is 2. The fraction of sp³-hybridized carbons (Fsp3) is 0.636. The number of piperazine rings is 1. The Labute approximate surface area is 168 Å². The summed E-state index contributed by atoms with van der Waals surface area (Å²) in [7, 11) is 0. The van der Waals surface area contributed by atoms with Crippen LogP contribution in [0.15, 0.2) is 24.3 Å². The lowest BCUT2D eigenvalue weighted by Gasteiger charge is -2.36. The van der Waals surface area contributed by atoms with Gasteiger partial charge in [-0.2, -0.15) is 0 Å². The first-order chi connectivity index (χ1) is 13.5. The van der Waals surface area contributed by atoms with Crippen LogP contribution in [0.1, 0.15) is 33.6 Å². The maximum atomic E-state index is 12.9. The number of para-hydroxylation sites is 2. The average molecular weight is 387 g/mol. The molecule has 0 spiro atoms. The van der Waals surface area contributed by atoms with Crippen LogP contribution in [0.5, 0.6) is 0 Å². The summed E-state index contributed by atoms with van der Waals surface area (Å²) in [5.41, 5.74) is 2.01. The minimum absolute atomic E-state index is 0.0189. The van der Waals surface area contributed by atoms with E-state index in [1.807, 2.05) is 36.9 Å². The van der Waals surface area contributed by atoms with Crippen molar-refractivity contribution in [3.05, 3.63) is 24.3 Å². The number of nitrogens with zero attached hydrogens (tertiary/aromatic N) is 3. The van der Waals surface area contributed by atoms with E-state index in [9.17, 15) is 9.59 Å². The van der Waals surface area contributed by atoms with Crippen molar-refractivity contribution in [2.24, 2.45) is 11.8 Å². The van der Waals surface area contributed by atoms with Gasteiger partial charge in [-0.25, -0.2) is 0 Å². The van der Waals surface area contributed by atoms with Crippen LogP contribution in [-0.4, -0.2) is 67.4 Å². The molecular weight excluding hydrogens is 352 g/mol. The molecule has 0 aromatic heterocycles. The molecule has 1 aromatic carbocycles. The zero-order valence-corrected chi connectivity index (χ0v) is 17.5. The zero-order chi connectivity index (χ0) is 20.1. The number of benzene rings is 1.